The van der Waals surface area contributed by atoms with Gasteiger partial charge >= 0.3 is 0 Å². The summed E-state index contributed by atoms with van der Waals surface area (Å²) < 4.78 is 26.4. The molecule has 0 saturated carbocycles. The van der Waals surface area contributed by atoms with Crippen LogP contribution in [0.3, 0.4) is 0 Å². The highest BCUT2D eigenvalue weighted by Gasteiger charge is 2.42. The van der Waals surface area contributed by atoms with E-state index < -0.39 is 21.2 Å². The van der Waals surface area contributed by atoms with Gasteiger partial charge in [-0.15, -0.1) is 0 Å². The van der Waals surface area contributed by atoms with Crippen LogP contribution in [0.5, 0.6) is 0 Å². The summed E-state index contributed by atoms with van der Waals surface area (Å²) in [7, 11) is -2.26. The smallest absolute Gasteiger partial charge is 0.239 e. The van der Waals surface area contributed by atoms with E-state index in [0.29, 0.717) is 15.7 Å². The number of nitrogens with zero attached hydrogens (tertiary/aromatic N) is 1. The van der Waals surface area contributed by atoms with Gasteiger partial charge in [-0.3, -0.25) is 15.6 Å². The van der Waals surface area contributed by atoms with Gasteiger partial charge in [-0.05, 0) is 32.0 Å². The van der Waals surface area contributed by atoms with Crippen LogP contribution in [0, 0.1) is 0 Å². The van der Waals surface area contributed by atoms with Crippen LogP contribution < -0.4 is 16.2 Å². The molecule has 134 valence electrons. The first kappa shape index (κ1) is 19.4. The van der Waals surface area contributed by atoms with E-state index in [0.717, 1.165) is 4.31 Å². The lowest BCUT2D eigenvalue weighted by Crippen LogP contribution is -2.47. The van der Waals surface area contributed by atoms with Crippen LogP contribution in [0.15, 0.2) is 18.2 Å². The van der Waals surface area contributed by atoms with Gasteiger partial charge in [-0.1, -0.05) is 23.2 Å². The van der Waals surface area contributed by atoms with Crippen molar-refractivity contribution in [2.45, 2.75) is 31.2 Å². The quantitative estimate of drug-likeness (QED) is 0.702. The van der Waals surface area contributed by atoms with Gasteiger partial charge in [0.25, 0.3) is 0 Å². The number of hydrogen-bond acceptors (Lipinski definition) is 5. The third-order valence-electron chi connectivity index (χ3n) is 3.82. The fourth-order valence-electron chi connectivity index (χ4n) is 2.70. The molecular weight excluding hydrogens is 375 g/mol. The Balaban J connectivity index is 2.05. The average Bonchev–Trinajstić information content (AvgIpc) is 2.77. The summed E-state index contributed by atoms with van der Waals surface area (Å²) in [5, 5.41) is 2.70. The van der Waals surface area contributed by atoms with E-state index in [-0.39, 0.29) is 18.6 Å². The Hall–Kier alpha value is -0.900. The molecule has 0 bridgehead atoms. The van der Waals surface area contributed by atoms with Crippen LogP contribution in [-0.4, -0.2) is 49.6 Å². The molecule has 1 aliphatic heterocycles. The van der Waals surface area contributed by atoms with Crippen LogP contribution in [0.4, 0.5) is 5.69 Å². The van der Waals surface area contributed by atoms with Crippen molar-refractivity contribution in [1.29, 1.82) is 0 Å². The second kappa shape index (κ2) is 7.55. The number of sulfonamides is 1. The zero-order valence-corrected chi connectivity index (χ0v) is 15.8. The van der Waals surface area contributed by atoms with E-state index in [1.807, 2.05) is 0 Å². The third kappa shape index (κ3) is 4.38. The van der Waals surface area contributed by atoms with Crippen LogP contribution in [-0.2, 0) is 14.8 Å². The molecule has 3 N–H and O–H groups in total. The SMILES string of the molecule is CC1NNC(C)C1S(=O)(=O)N(C)CC(=O)Nc1cc(Cl)cc(Cl)c1. The minimum Gasteiger partial charge on any atom is -0.325 e. The van der Waals surface area contributed by atoms with Gasteiger partial charge in [0.05, 0.1) is 6.54 Å². The molecule has 10 heteroatoms. The molecule has 1 aromatic carbocycles. The molecule has 1 aliphatic rings. The van der Waals surface area contributed by atoms with E-state index in [2.05, 4.69) is 16.2 Å². The zero-order chi connectivity index (χ0) is 18.1. The molecule has 2 rings (SSSR count). The Bertz CT molecular complexity index is 698. The van der Waals surface area contributed by atoms with Crippen LogP contribution in [0.25, 0.3) is 0 Å². The van der Waals surface area contributed by atoms with Crippen molar-refractivity contribution in [3.63, 3.8) is 0 Å². The Morgan fingerprint density at radius 1 is 1.17 bits per heavy atom. The summed E-state index contributed by atoms with van der Waals surface area (Å²) >= 11 is 11.7. The molecule has 0 aliphatic carbocycles. The van der Waals surface area contributed by atoms with Crippen molar-refractivity contribution >= 4 is 44.8 Å². The molecule has 1 saturated heterocycles. The fourth-order valence-corrected chi connectivity index (χ4v) is 5.11. The summed E-state index contributed by atoms with van der Waals surface area (Å²) in [4.78, 5) is 12.1. The standard InChI is InChI=1S/C14H20Cl2N4O3S/c1-8-14(9(2)19-18-8)24(22,23)20(3)7-13(21)17-12-5-10(15)4-11(16)6-12/h4-6,8-9,14,18-19H,7H2,1-3H3,(H,17,21). The molecule has 1 fully saturated rings. The summed E-state index contributed by atoms with van der Waals surface area (Å²) in [6.07, 6.45) is 0. The van der Waals surface area contributed by atoms with E-state index in [4.69, 9.17) is 23.2 Å². The van der Waals surface area contributed by atoms with Gasteiger partial charge in [-0.25, -0.2) is 8.42 Å². The van der Waals surface area contributed by atoms with Crippen molar-refractivity contribution < 1.29 is 13.2 Å². The molecule has 0 radical (unpaired) electrons. The lowest BCUT2D eigenvalue weighted by molar-refractivity contribution is -0.116. The summed E-state index contributed by atoms with van der Waals surface area (Å²) in [6, 6.07) is 4.09. The molecule has 2 unspecified atom stereocenters. The monoisotopic (exact) mass is 394 g/mol. The number of benzene rings is 1. The molecular formula is C14H20Cl2N4O3S. The maximum atomic E-state index is 12.7. The van der Waals surface area contributed by atoms with Gasteiger partial charge < -0.3 is 5.32 Å². The van der Waals surface area contributed by atoms with Gasteiger partial charge in [0.1, 0.15) is 5.25 Å². The number of anilines is 1. The molecule has 2 atom stereocenters. The van der Waals surface area contributed by atoms with Crippen molar-refractivity contribution in [2.24, 2.45) is 0 Å². The van der Waals surface area contributed by atoms with Crippen LogP contribution >= 0.6 is 23.2 Å². The molecule has 7 nitrogen and oxygen atoms in total. The second-order valence-electron chi connectivity index (χ2n) is 5.84. The van der Waals surface area contributed by atoms with Gasteiger partial charge in [0.2, 0.25) is 15.9 Å². The molecule has 1 heterocycles. The number of hydrogen-bond donors (Lipinski definition) is 3. The highest BCUT2D eigenvalue weighted by Crippen LogP contribution is 2.23. The van der Waals surface area contributed by atoms with E-state index in [1.165, 1.54) is 25.2 Å². The largest absolute Gasteiger partial charge is 0.325 e. The van der Waals surface area contributed by atoms with Crippen molar-refractivity contribution in [3.8, 4) is 0 Å². The van der Waals surface area contributed by atoms with Crippen LogP contribution in [0.2, 0.25) is 10.0 Å². The number of hydrazine groups is 1. The number of carbonyl (C=O) groups is 1. The topological polar surface area (TPSA) is 90.5 Å². The third-order valence-corrected chi connectivity index (χ3v) is 6.75. The van der Waals surface area contributed by atoms with Gasteiger partial charge in [-0.2, -0.15) is 4.31 Å². The summed E-state index contributed by atoms with van der Waals surface area (Å²) in [6.45, 7) is 3.25. The Morgan fingerprint density at radius 2 is 1.67 bits per heavy atom. The predicted molar refractivity (Wildman–Crippen MR) is 95.6 cm³/mol. The number of rotatable bonds is 5. The minimum atomic E-state index is -3.65. The van der Waals surface area contributed by atoms with E-state index >= 15 is 0 Å². The highest BCUT2D eigenvalue weighted by molar-refractivity contribution is 7.89. The predicted octanol–water partition coefficient (Wildman–Crippen LogP) is 1.45. The molecule has 0 spiro atoms. The average molecular weight is 395 g/mol. The maximum absolute atomic E-state index is 12.7. The van der Waals surface area contributed by atoms with Gasteiger partial charge in [0.15, 0.2) is 0 Å². The Kier molecular flexibility index (Phi) is 6.11. The van der Waals surface area contributed by atoms with Crippen molar-refractivity contribution in [2.75, 3.05) is 18.9 Å². The van der Waals surface area contributed by atoms with E-state index in [9.17, 15) is 13.2 Å². The minimum absolute atomic E-state index is 0.262. The molecule has 0 aromatic heterocycles. The Morgan fingerprint density at radius 3 is 2.17 bits per heavy atom. The first-order valence-electron chi connectivity index (χ1n) is 7.33. The first-order valence-corrected chi connectivity index (χ1v) is 9.59. The zero-order valence-electron chi connectivity index (χ0n) is 13.5. The second-order valence-corrected chi connectivity index (χ2v) is 8.91. The van der Waals surface area contributed by atoms with Gasteiger partial charge in [0, 0.05) is 34.9 Å². The molecule has 1 aromatic rings. The summed E-state index contributed by atoms with van der Waals surface area (Å²) in [5.41, 5.74) is 6.21. The highest BCUT2D eigenvalue weighted by atomic mass is 35.5. The van der Waals surface area contributed by atoms with Crippen LogP contribution in [0.1, 0.15) is 13.8 Å². The first-order chi connectivity index (χ1) is 11.1. The Labute approximate surface area is 151 Å². The number of nitrogens with one attached hydrogen (secondary N) is 3. The maximum Gasteiger partial charge on any atom is 0.239 e. The number of halogens is 2. The molecule has 24 heavy (non-hydrogen) atoms. The molecule has 1 amide bonds. The lowest BCUT2D eigenvalue weighted by Gasteiger charge is -2.25. The fraction of sp³-hybridized carbons (Fsp3) is 0.500. The van der Waals surface area contributed by atoms with Crippen molar-refractivity contribution in [3.05, 3.63) is 28.2 Å². The number of likely N-dealkylation sites (N-methyl/N-ethyl adjacent to an activating group) is 1. The number of amides is 1. The van der Waals surface area contributed by atoms with E-state index in [1.54, 1.807) is 13.8 Å². The summed E-state index contributed by atoms with van der Waals surface area (Å²) in [5.74, 6) is -0.473. The number of carbonyl (C=O) groups excluding carboxylic acids is 1. The van der Waals surface area contributed by atoms with Crippen molar-refractivity contribution in [1.82, 2.24) is 15.2 Å². The lowest BCUT2D eigenvalue weighted by atomic mass is 10.2. The normalized spacial score (nSPS) is 24.3.